The zero-order valence-electron chi connectivity index (χ0n) is 10.2. The lowest BCUT2D eigenvalue weighted by atomic mass is 10.0. The van der Waals surface area contributed by atoms with Crippen LogP contribution in [0.15, 0.2) is 65.3 Å². The Kier molecular flexibility index (Phi) is 1.61. The Morgan fingerprint density at radius 2 is 1.47 bits per heavy atom. The van der Waals surface area contributed by atoms with Gasteiger partial charge < -0.3 is 4.42 Å². The Morgan fingerprint density at radius 1 is 0.647 bits per heavy atom. The molecule has 0 fully saturated rings. The summed E-state index contributed by atoms with van der Waals surface area (Å²) in [4.78, 5) is 0. The van der Waals surface area contributed by atoms with Crippen molar-refractivity contribution in [2.45, 2.75) is 0 Å². The van der Waals surface area contributed by atoms with Crippen molar-refractivity contribution in [3.8, 4) is 0 Å². The standard InChI is InChI=1S/C16H10O/c1-2-4-13-11(3-1)5-8-15-14(13)7-6-12-9-10-17-16(12)15/h1-10H/p+1. The molecule has 0 amide bonds. The van der Waals surface area contributed by atoms with Crippen LogP contribution in [0.3, 0.4) is 0 Å². The Labute approximate surface area is 99.8 Å². The van der Waals surface area contributed by atoms with Gasteiger partial charge in [0, 0.05) is 10.8 Å². The first-order valence-electron chi connectivity index (χ1n) is 5.71. The smallest absolute Gasteiger partial charge is 0.464 e. The second-order valence-electron chi connectivity index (χ2n) is 4.29. The maximum absolute atomic E-state index is 5.58. The zero-order chi connectivity index (χ0) is 11.2. The van der Waals surface area contributed by atoms with E-state index in [1.165, 1.54) is 21.5 Å². The number of hydrogen-bond acceptors (Lipinski definition) is 1. The Morgan fingerprint density at radius 3 is 2.47 bits per heavy atom. The molecular formula is C16H11O+. The van der Waals surface area contributed by atoms with Crippen molar-refractivity contribution in [2.75, 3.05) is 0 Å². The van der Waals surface area contributed by atoms with E-state index in [1.54, 1.807) is 6.26 Å². The SMILES string of the molecule is [H+].c1ccc2c(c1)ccc1c2ccc2ccoc21. The maximum atomic E-state index is 5.58. The highest BCUT2D eigenvalue weighted by atomic mass is 16.3. The molecule has 1 nitrogen and oxygen atoms in total. The Bertz CT molecular complexity index is 845. The molecule has 0 aliphatic rings. The fourth-order valence-electron chi connectivity index (χ4n) is 2.52. The van der Waals surface area contributed by atoms with E-state index in [-0.39, 0.29) is 1.43 Å². The molecule has 0 aliphatic heterocycles. The highest BCUT2D eigenvalue weighted by molar-refractivity contribution is 6.15. The van der Waals surface area contributed by atoms with Gasteiger partial charge in [0.15, 0.2) is 0 Å². The normalized spacial score (nSPS) is 11.5. The quantitative estimate of drug-likeness (QED) is 0.385. The molecule has 4 rings (SSSR count). The molecule has 0 atom stereocenters. The van der Waals surface area contributed by atoms with Crippen LogP contribution in [0.2, 0.25) is 0 Å². The van der Waals surface area contributed by atoms with Gasteiger partial charge in [-0.3, -0.25) is 0 Å². The summed E-state index contributed by atoms with van der Waals surface area (Å²) >= 11 is 0. The lowest BCUT2D eigenvalue weighted by molar-refractivity contribution is 0.619. The zero-order valence-corrected chi connectivity index (χ0v) is 9.18. The van der Waals surface area contributed by atoms with E-state index >= 15 is 0 Å². The topological polar surface area (TPSA) is 13.1 Å². The molecule has 1 aromatic heterocycles. The van der Waals surface area contributed by atoms with Crippen LogP contribution in [-0.4, -0.2) is 0 Å². The number of hydrogen-bond donors (Lipinski definition) is 0. The highest BCUT2D eigenvalue weighted by Gasteiger charge is 2.05. The van der Waals surface area contributed by atoms with E-state index in [4.69, 9.17) is 4.42 Å². The van der Waals surface area contributed by atoms with Gasteiger partial charge in [-0.2, -0.15) is 0 Å². The first-order valence-corrected chi connectivity index (χ1v) is 5.71. The molecule has 0 bridgehead atoms. The number of furan rings is 1. The summed E-state index contributed by atoms with van der Waals surface area (Å²) in [5.41, 5.74) is 0.980. The predicted molar refractivity (Wildman–Crippen MR) is 72.3 cm³/mol. The van der Waals surface area contributed by atoms with Gasteiger partial charge in [0.05, 0.1) is 6.26 Å². The molecule has 1 heteroatoms. The van der Waals surface area contributed by atoms with Crippen LogP contribution >= 0.6 is 0 Å². The van der Waals surface area contributed by atoms with Gasteiger partial charge in [-0.15, -0.1) is 0 Å². The summed E-state index contributed by atoms with van der Waals surface area (Å²) in [5.74, 6) is 0. The molecule has 0 saturated heterocycles. The summed E-state index contributed by atoms with van der Waals surface area (Å²) in [6, 6.07) is 19.0. The predicted octanol–water partition coefficient (Wildman–Crippen LogP) is 4.85. The summed E-state index contributed by atoms with van der Waals surface area (Å²) < 4.78 is 5.58. The van der Waals surface area contributed by atoms with Gasteiger partial charge in [0.25, 0.3) is 0 Å². The van der Waals surface area contributed by atoms with Gasteiger partial charge in [0.2, 0.25) is 0 Å². The molecule has 0 radical (unpaired) electrons. The van der Waals surface area contributed by atoms with Crippen molar-refractivity contribution in [1.82, 2.24) is 0 Å². The van der Waals surface area contributed by atoms with Crippen molar-refractivity contribution in [2.24, 2.45) is 0 Å². The third-order valence-corrected chi connectivity index (χ3v) is 3.34. The summed E-state index contributed by atoms with van der Waals surface area (Å²) in [6.45, 7) is 0. The second-order valence-corrected chi connectivity index (χ2v) is 4.29. The van der Waals surface area contributed by atoms with Gasteiger partial charge in [-0.05, 0) is 28.3 Å². The number of fused-ring (bicyclic) bond motifs is 5. The van der Waals surface area contributed by atoms with Crippen molar-refractivity contribution in [3.63, 3.8) is 0 Å². The van der Waals surface area contributed by atoms with E-state index < -0.39 is 0 Å². The van der Waals surface area contributed by atoms with Crippen molar-refractivity contribution in [3.05, 3.63) is 60.9 Å². The van der Waals surface area contributed by atoms with Crippen molar-refractivity contribution >= 4 is 32.5 Å². The Hall–Kier alpha value is -2.28. The van der Waals surface area contributed by atoms with Crippen LogP contribution in [0.4, 0.5) is 0 Å². The first-order chi connectivity index (χ1) is 8.43. The molecule has 0 saturated carbocycles. The minimum absolute atomic E-state index is 0. The fraction of sp³-hybridized carbons (Fsp3) is 0. The van der Waals surface area contributed by atoms with Crippen LogP contribution in [0.5, 0.6) is 0 Å². The highest BCUT2D eigenvalue weighted by Crippen LogP contribution is 2.31. The van der Waals surface area contributed by atoms with Crippen molar-refractivity contribution < 1.29 is 5.84 Å². The number of rotatable bonds is 0. The maximum Gasteiger partial charge on any atom is 1.00 e. The molecular weight excluding hydrogens is 208 g/mol. The van der Waals surface area contributed by atoms with Gasteiger partial charge >= 0.3 is 1.43 Å². The minimum Gasteiger partial charge on any atom is -0.464 e. The summed E-state index contributed by atoms with van der Waals surface area (Å²) in [5, 5.41) is 6.15. The second kappa shape index (κ2) is 3.11. The van der Waals surface area contributed by atoms with Gasteiger partial charge in [-0.1, -0.05) is 42.5 Å². The minimum atomic E-state index is 0. The summed E-state index contributed by atoms with van der Waals surface area (Å²) in [7, 11) is 0. The molecule has 0 aliphatic carbocycles. The van der Waals surface area contributed by atoms with Crippen LogP contribution < -0.4 is 0 Å². The van der Waals surface area contributed by atoms with E-state index in [2.05, 4.69) is 48.5 Å². The molecule has 1 heterocycles. The lowest BCUT2D eigenvalue weighted by Gasteiger charge is -2.03. The molecule has 3 aromatic carbocycles. The average molecular weight is 219 g/mol. The molecule has 0 unspecified atom stereocenters. The van der Waals surface area contributed by atoms with Crippen molar-refractivity contribution in [1.29, 1.82) is 0 Å². The molecule has 0 N–H and O–H groups in total. The largest absolute Gasteiger partial charge is 1.00 e. The van der Waals surface area contributed by atoms with E-state index in [0.29, 0.717) is 0 Å². The van der Waals surface area contributed by atoms with E-state index in [9.17, 15) is 0 Å². The monoisotopic (exact) mass is 219 g/mol. The van der Waals surface area contributed by atoms with Gasteiger partial charge in [-0.25, -0.2) is 0 Å². The molecule has 4 aromatic rings. The van der Waals surface area contributed by atoms with Crippen LogP contribution in [-0.2, 0) is 0 Å². The first kappa shape index (κ1) is 8.82. The van der Waals surface area contributed by atoms with E-state index in [0.717, 1.165) is 11.0 Å². The fourth-order valence-corrected chi connectivity index (χ4v) is 2.52. The van der Waals surface area contributed by atoms with Gasteiger partial charge in [0.1, 0.15) is 5.58 Å². The van der Waals surface area contributed by atoms with Crippen LogP contribution in [0, 0.1) is 0 Å². The third-order valence-electron chi connectivity index (χ3n) is 3.34. The average Bonchev–Trinajstić information content (AvgIpc) is 2.86. The van der Waals surface area contributed by atoms with E-state index in [1.807, 2.05) is 6.07 Å². The third kappa shape index (κ3) is 1.14. The summed E-state index contributed by atoms with van der Waals surface area (Å²) in [6.07, 6.45) is 1.75. The molecule has 17 heavy (non-hydrogen) atoms. The van der Waals surface area contributed by atoms with Crippen LogP contribution in [0.25, 0.3) is 32.5 Å². The lowest BCUT2D eigenvalue weighted by Crippen LogP contribution is -1.77. The van der Waals surface area contributed by atoms with Crippen LogP contribution in [0.1, 0.15) is 1.43 Å². The molecule has 0 spiro atoms. The molecule has 80 valence electrons. The Balaban J connectivity index is 0.000001000. The number of benzene rings is 3.